The molecule has 1 aromatic carbocycles. The van der Waals surface area contributed by atoms with Gasteiger partial charge in [-0.05, 0) is 18.2 Å². The predicted molar refractivity (Wildman–Crippen MR) is 59.1 cm³/mol. The second-order valence-electron chi connectivity index (χ2n) is 3.36. The van der Waals surface area contributed by atoms with Gasteiger partial charge in [0.15, 0.2) is 5.82 Å². The monoisotopic (exact) mass is 272 g/mol. The number of nitrogen functional groups attached to an aromatic ring is 1. The van der Waals surface area contributed by atoms with Gasteiger partial charge in [-0.3, -0.25) is 0 Å². The lowest BCUT2D eigenvalue weighted by molar-refractivity contribution is 0.409. The average Bonchev–Trinajstić information content (AvgIpc) is 2.83. The quantitative estimate of drug-likeness (QED) is 0.773. The van der Waals surface area contributed by atoms with Crippen molar-refractivity contribution in [2.75, 3.05) is 5.73 Å². The molecule has 0 saturated carbocycles. The van der Waals surface area contributed by atoms with Crippen LogP contribution in [-0.2, 0) is 16.6 Å². The van der Waals surface area contributed by atoms with Gasteiger partial charge in [0, 0.05) is 5.69 Å². The molecule has 1 aromatic heterocycles. The number of nitrogens with two attached hydrogens (primary N) is 1. The number of aromatic nitrogens is 2. The van der Waals surface area contributed by atoms with E-state index in [1.165, 1.54) is 6.07 Å². The van der Waals surface area contributed by atoms with Gasteiger partial charge in [-0.2, -0.15) is 4.98 Å². The minimum absolute atomic E-state index is 0.142. The van der Waals surface area contributed by atoms with Crippen molar-refractivity contribution in [2.45, 2.75) is 11.4 Å². The highest BCUT2D eigenvalue weighted by molar-refractivity contribution is 7.89. The summed E-state index contributed by atoms with van der Waals surface area (Å²) in [6, 6.07) is 3.29. The number of hydrogen-bond donors (Lipinski definition) is 2. The molecule has 2 rings (SSSR count). The van der Waals surface area contributed by atoms with Crippen molar-refractivity contribution in [1.82, 2.24) is 14.9 Å². The van der Waals surface area contributed by atoms with Crippen LogP contribution in [0.25, 0.3) is 0 Å². The van der Waals surface area contributed by atoms with E-state index in [9.17, 15) is 12.8 Å². The first-order valence-electron chi connectivity index (χ1n) is 4.79. The number of benzene rings is 1. The van der Waals surface area contributed by atoms with Gasteiger partial charge >= 0.3 is 0 Å². The number of nitrogens with zero attached hydrogens (tertiary/aromatic N) is 2. The molecule has 0 aliphatic heterocycles. The molecule has 3 N–H and O–H groups in total. The van der Waals surface area contributed by atoms with Crippen LogP contribution in [0.3, 0.4) is 0 Å². The van der Waals surface area contributed by atoms with Crippen LogP contribution in [0, 0.1) is 5.82 Å². The zero-order valence-corrected chi connectivity index (χ0v) is 9.82. The van der Waals surface area contributed by atoms with Crippen molar-refractivity contribution in [2.24, 2.45) is 0 Å². The van der Waals surface area contributed by atoms with E-state index in [0.29, 0.717) is 0 Å². The van der Waals surface area contributed by atoms with Gasteiger partial charge in [0.1, 0.15) is 10.7 Å². The molecule has 96 valence electrons. The van der Waals surface area contributed by atoms with Crippen molar-refractivity contribution in [3.8, 4) is 0 Å². The van der Waals surface area contributed by atoms with Crippen LogP contribution in [0.1, 0.15) is 5.82 Å². The second kappa shape index (κ2) is 4.70. The lowest BCUT2D eigenvalue weighted by Gasteiger charge is -2.06. The lowest BCUT2D eigenvalue weighted by Crippen LogP contribution is -2.24. The Morgan fingerprint density at radius 3 is 2.89 bits per heavy atom. The molecule has 0 atom stereocenters. The van der Waals surface area contributed by atoms with Gasteiger partial charge in [0.25, 0.3) is 0 Å². The first-order chi connectivity index (χ1) is 8.49. The molecule has 0 aliphatic carbocycles. The summed E-state index contributed by atoms with van der Waals surface area (Å²) >= 11 is 0. The van der Waals surface area contributed by atoms with Gasteiger partial charge in [-0.15, -0.1) is 0 Å². The first kappa shape index (κ1) is 12.5. The number of anilines is 1. The van der Waals surface area contributed by atoms with E-state index in [1.54, 1.807) is 0 Å². The Balaban J connectivity index is 2.22. The van der Waals surface area contributed by atoms with E-state index in [1.807, 2.05) is 0 Å². The van der Waals surface area contributed by atoms with Crippen LogP contribution in [0.2, 0.25) is 0 Å². The fraction of sp³-hybridized carbons (Fsp3) is 0.111. The second-order valence-corrected chi connectivity index (χ2v) is 5.10. The molecule has 1 heterocycles. The molecule has 0 fully saturated rings. The number of rotatable bonds is 4. The van der Waals surface area contributed by atoms with E-state index in [2.05, 4.69) is 19.4 Å². The van der Waals surface area contributed by atoms with E-state index in [-0.39, 0.29) is 18.1 Å². The van der Waals surface area contributed by atoms with Gasteiger partial charge in [-0.1, -0.05) is 5.16 Å². The Labute approximate surface area is 102 Å². The maximum atomic E-state index is 13.4. The molecular weight excluding hydrogens is 263 g/mol. The number of nitrogens with one attached hydrogen (secondary N) is 1. The number of halogens is 1. The zero-order valence-electron chi connectivity index (χ0n) is 9.00. The maximum Gasteiger partial charge on any atom is 0.243 e. The minimum Gasteiger partial charge on any atom is -0.399 e. The molecule has 0 bridgehead atoms. The molecule has 2 aromatic rings. The van der Waals surface area contributed by atoms with Crippen molar-refractivity contribution >= 4 is 15.7 Å². The maximum absolute atomic E-state index is 13.4. The summed E-state index contributed by atoms with van der Waals surface area (Å²) in [5.41, 5.74) is 5.57. The van der Waals surface area contributed by atoms with Gasteiger partial charge < -0.3 is 10.3 Å². The van der Waals surface area contributed by atoms with Crippen molar-refractivity contribution < 1.29 is 17.3 Å². The Hall–Kier alpha value is -2.00. The van der Waals surface area contributed by atoms with Crippen LogP contribution in [-0.4, -0.2) is 18.6 Å². The van der Waals surface area contributed by atoms with Crippen molar-refractivity contribution in [1.29, 1.82) is 0 Å². The third-order valence-corrected chi connectivity index (χ3v) is 3.49. The highest BCUT2D eigenvalue weighted by atomic mass is 32.2. The minimum atomic E-state index is -4.02. The first-order valence-corrected chi connectivity index (χ1v) is 6.27. The predicted octanol–water partition coefficient (Wildman–Crippen LogP) is 0.269. The molecule has 7 nitrogen and oxygen atoms in total. The topological polar surface area (TPSA) is 111 Å². The summed E-state index contributed by atoms with van der Waals surface area (Å²) in [5.74, 6) is -0.743. The number of sulfonamides is 1. The molecule has 18 heavy (non-hydrogen) atoms. The molecule has 0 saturated heterocycles. The molecule has 0 unspecified atom stereocenters. The van der Waals surface area contributed by atoms with E-state index in [4.69, 9.17) is 5.73 Å². The standard InChI is InChI=1S/C9H9FN4O3S/c10-7-2-1-6(11)3-8(7)18(15,16)13-4-9-12-5-17-14-9/h1-3,5,13H,4,11H2. The Morgan fingerprint density at radius 1 is 1.44 bits per heavy atom. The van der Waals surface area contributed by atoms with Gasteiger partial charge in [-0.25, -0.2) is 17.5 Å². The Bertz CT molecular complexity index is 642. The Kier molecular flexibility index (Phi) is 3.26. The molecular formula is C9H9FN4O3S. The summed E-state index contributed by atoms with van der Waals surface area (Å²) in [4.78, 5) is 3.11. The van der Waals surface area contributed by atoms with Crippen LogP contribution < -0.4 is 10.5 Å². The molecule has 9 heteroatoms. The van der Waals surface area contributed by atoms with Gasteiger partial charge in [0.2, 0.25) is 16.4 Å². The zero-order chi connectivity index (χ0) is 13.2. The SMILES string of the molecule is Nc1ccc(F)c(S(=O)(=O)NCc2ncon2)c1. The lowest BCUT2D eigenvalue weighted by atomic mass is 10.3. The molecule has 0 amide bonds. The van der Waals surface area contributed by atoms with Crippen LogP contribution in [0.15, 0.2) is 34.0 Å². The van der Waals surface area contributed by atoms with Crippen molar-refractivity contribution in [3.63, 3.8) is 0 Å². The van der Waals surface area contributed by atoms with Crippen molar-refractivity contribution in [3.05, 3.63) is 36.2 Å². The number of hydrogen-bond acceptors (Lipinski definition) is 6. The third kappa shape index (κ3) is 2.63. The highest BCUT2D eigenvalue weighted by Gasteiger charge is 2.19. The molecule has 0 aliphatic rings. The Morgan fingerprint density at radius 2 is 2.22 bits per heavy atom. The van der Waals surface area contributed by atoms with Crippen LogP contribution in [0.5, 0.6) is 0 Å². The largest absolute Gasteiger partial charge is 0.399 e. The average molecular weight is 272 g/mol. The van der Waals surface area contributed by atoms with E-state index < -0.39 is 20.7 Å². The summed E-state index contributed by atoms with van der Waals surface area (Å²) < 4.78 is 43.6. The summed E-state index contributed by atoms with van der Waals surface area (Å²) in [6.45, 7) is -0.201. The molecule has 0 spiro atoms. The van der Waals surface area contributed by atoms with Crippen LogP contribution >= 0.6 is 0 Å². The fourth-order valence-corrected chi connectivity index (χ4v) is 2.32. The summed E-state index contributed by atoms with van der Waals surface area (Å²) in [5, 5.41) is 3.42. The molecule has 0 radical (unpaired) electrons. The van der Waals surface area contributed by atoms with Gasteiger partial charge in [0.05, 0.1) is 6.54 Å². The van der Waals surface area contributed by atoms with Crippen LogP contribution in [0.4, 0.5) is 10.1 Å². The highest BCUT2D eigenvalue weighted by Crippen LogP contribution is 2.17. The normalized spacial score (nSPS) is 11.6. The summed E-state index contributed by atoms with van der Waals surface area (Å²) in [7, 11) is -4.02. The third-order valence-electron chi connectivity index (χ3n) is 2.07. The van der Waals surface area contributed by atoms with E-state index >= 15 is 0 Å². The summed E-state index contributed by atoms with van der Waals surface area (Å²) in [6.07, 6.45) is 1.06. The smallest absolute Gasteiger partial charge is 0.243 e. The van der Waals surface area contributed by atoms with E-state index in [0.717, 1.165) is 18.5 Å². The fourth-order valence-electron chi connectivity index (χ4n) is 1.23.